The van der Waals surface area contributed by atoms with Crippen LogP contribution in [0, 0.1) is 40.2 Å². The minimum absolute atomic E-state index is 0. The largest absolute Gasteiger partial charge is 2.00 e. The van der Waals surface area contributed by atoms with Crippen molar-refractivity contribution in [1.82, 2.24) is 0 Å². The van der Waals surface area contributed by atoms with Crippen molar-refractivity contribution in [1.29, 1.82) is 0 Å². The van der Waals surface area contributed by atoms with Crippen molar-refractivity contribution in [2.24, 2.45) is 0 Å². The zero-order valence-electron chi connectivity index (χ0n) is 15.8. The van der Waals surface area contributed by atoms with Gasteiger partial charge in [-0.25, -0.2) is 24.3 Å². The van der Waals surface area contributed by atoms with Crippen molar-refractivity contribution in [2.45, 2.75) is 20.8 Å². The molecule has 9 heteroatoms. The zero-order valence-corrected chi connectivity index (χ0v) is 19.2. The van der Waals surface area contributed by atoms with E-state index in [0.717, 1.165) is 0 Å². The van der Waals surface area contributed by atoms with Crippen LogP contribution in [0.3, 0.4) is 0 Å². The monoisotopic (exact) mass is 522 g/mol. The van der Waals surface area contributed by atoms with E-state index in [1.165, 1.54) is 18.8 Å². The van der Waals surface area contributed by atoms with E-state index in [2.05, 4.69) is 67.9 Å². The second-order valence-corrected chi connectivity index (χ2v) is 3.53. The van der Waals surface area contributed by atoms with Crippen molar-refractivity contribution in [3.05, 3.63) is 93.4 Å². The van der Waals surface area contributed by atoms with Crippen LogP contribution in [0.4, 0.5) is 0 Å². The average molecular weight is 522 g/mol. The van der Waals surface area contributed by atoms with Crippen molar-refractivity contribution in [3.8, 4) is 0 Å². The Morgan fingerprint density at radius 2 is 1.17 bits per heavy atom. The fourth-order valence-corrected chi connectivity index (χ4v) is 0.791. The fourth-order valence-electron chi connectivity index (χ4n) is 0.791. The molecule has 0 aliphatic carbocycles. The maximum atomic E-state index is 8.68. The third-order valence-electron chi connectivity index (χ3n) is 1.38. The van der Waals surface area contributed by atoms with E-state index >= 15 is 0 Å². The molecule has 0 aliphatic heterocycles. The first-order chi connectivity index (χ1) is 13.2. The molecule has 0 saturated carbocycles. The smallest absolute Gasteiger partial charge is 0.214 e. The summed E-state index contributed by atoms with van der Waals surface area (Å²) in [5.41, 5.74) is 1.34. The van der Waals surface area contributed by atoms with Crippen molar-refractivity contribution in [3.63, 3.8) is 0 Å². The maximum Gasteiger partial charge on any atom is 2.00 e. The summed E-state index contributed by atoms with van der Waals surface area (Å²) in [6.45, 7) is 27.8. The standard InChI is InChI=1S/C6H7.C5H5.C2H3O.C2H4.5CO.2Fe.Mn/c1-6-4-2-3-5-6;1-2-4-5-3-1;1-2-3;6*1-2;;;/h2-5H,1H3;1-5H;1H3;1H,2H3;;;;;;;;/q3*-1;;;;;;;;+2;. The molecule has 0 fully saturated rings. The Kier molecular flexibility index (Phi) is 215. The molecule has 2 rings (SSSR count). The van der Waals surface area contributed by atoms with Crippen LogP contribution in [0.1, 0.15) is 19.4 Å². The van der Waals surface area contributed by atoms with Crippen LogP contribution in [0.15, 0.2) is 54.6 Å². The van der Waals surface area contributed by atoms with Crippen LogP contribution < -0.4 is 0 Å². The first-order valence-electron chi connectivity index (χ1n) is 6.26. The van der Waals surface area contributed by atoms with Gasteiger partial charge in [-0.05, 0) is 0 Å². The molecule has 0 N–H and O–H groups in total. The number of hydrogen-bond donors (Lipinski definition) is 0. The molecular formula is C20H19Fe2MnO6-. The molecule has 159 valence electrons. The van der Waals surface area contributed by atoms with Crippen molar-refractivity contribution in [2.75, 3.05) is 0 Å². The Balaban J connectivity index is -0.0000000231. The minimum atomic E-state index is 0. The van der Waals surface area contributed by atoms with Gasteiger partial charge in [-0.3, -0.25) is 6.29 Å². The Labute approximate surface area is 202 Å². The first kappa shape index (κ1) is 56.4. The van der Waals surface area contributed by atoms with Gasteiger partial charge in [0.05, 0.1) is 0 Å². The molecule has 2 aromatic rings. The predicted octanol–water partition coefficient (Wildman–Crippen LogP) is 3.40. The van der Waals surface area contributed by atoms with Gasteiger partial charge in [0.2, 0.25) is 0 Å². The minimum Gasteiger partial charge on any atom is -0.214 e. The second kappa shape index (κ2) is 110. The third-order valence-corrected chi connectivity index (χ3v) is 1.38. The summed E-state index contributed by atoms with van der Waals surface area (Å²) in [6.07, 6.45) is 1.50. The van der Waals surface area contributed by atoms with E-state index in [-0.39, 0.29) is 34.1 Å². The van der Waals surface area contributed by atoms with E-state index in [1.54, 1.807) is 0 Å². The van der Waals surface area contributed by atoms with Crippen LogP contribution in [0.5, 0.6) is 0 Å². The molecule has 0 bridgehead atoms. The molecule has 0 unspecified atom stereocenters. The molecule has 6 nitrogen and oxygen atoms in total. The third kappa shape index (κ3) is 144. The number of carbonyl (C=O) groups excluding carboxylic acids is 1. The average Bonchev–Trinajstić information content (AvgIpc) is 3.48. The summed E-state index contributed by atoms with van der Waals surface area (Å²) in [6, 6.07) is 18.2. The van der Waals surface area contributed by atoms with Gasteiger partial charge in [0, 0.05) is 17.1 Å². The van der Waals surface area contributed by atoms with Crippen molar-refractivity contribution < 1.29 is 77.8 Å². The zero-order chi connectivity index (χ0) is 23.4. The molecule has 0 amide bonds. The number of rotatable bonds is 0. The predicted molar refractivity (Wildman–Crippen MR) is 91.6 cm³/mol. The summed E-state index contributed by atoms with van der Waals surface area (Å²) in [7, 11) is 0. The SMILES string of the molecule is C[C-]=O.C[CH]=[Mn].Cc1ccc[cH-]1.[C-]#[O+].[C-]#[O+].[C-]#[O+].[C-]#[O+].[C-]#[O+].[Fe+2].[Fe].c1cc[cH-]c1. The fraction of sp³-hybridized carbons (Fsp3) is 0.150. The summed E-state index contributed by atoms with van der Waals surface area (Å²) in [5.74, 6) is 0. The first-order valence-corrected chi connectivity index (χ1v) is 6.95. The van der Waals surface area contributed by atoms with Crippen LogP contribution >= 0.6 is 0 Å². The Morgan fingerprint density at radius 3 is 1.24 bits per heavy atom. The topological polar surface area (TPSA) is 117 Å². The number of aryl methyl sites for hydroxylation is 1. The molecule has 0 spiro atoms. The normalized spacial score (nSPS) is 4.45. The maximum absolute atomic E-state index is 8.68. The van der Waals surface area contributed by atoms with Gasteiger partial charge in [-0.15, -0.1) is 0 Å². The quantitative estimate of drug-likeness (QED) is 0.295. The number of hydrogen-bond acceptors (Lipinski definition) is 1. The Bertz CT molecular complexity index is 470. The van der Waals surface area contributed by atoms with Crippen LogP contribution in [-0.2, 0) is 77.8 Å². The molecule has 2 aromatic carbocycles. The van der Waals surface area contributed by atoms with Gasteiger partial charge in [0.25, 0.3) is 0 Å². The molecule has 0 saturated heterocycles. The van der Waals surface area contributed by atoms with Gasteiger partial charge in [-0.2, -0.15) is 42.8 Å². The van der Waals surface area contributed by atoms with Gasteiger partial charge in [0.15, 0.2) is 0 Å². The van der Waals surface area contributed by atoms with E-state index in [4.69, 9.17) is 28.1 Å². The van der Waals surface area contributed by atoms with Gasteiger partial charge < -0.3 is 4.79 Å². The van der Waals surface area contributed by atoms with E-state index in [9.17, 15) is 0 Å². The van der Waals surface area contributed by atoms with Crippen LogP contribution in [0.25, 0.3) is 0 Å². The molecule has 29 heavy (non-hydrogen) atoms. The molecule has 0 heterocycles. The second-order valence-electron chi connectivity index (χ2n) is 2.85. The van der Waals surface area contributed by atoms with Crippen molar-refractivity contribution >= 4 is 11.2 Å². The van der Waals surface area contributed by atoms with E-state index in [1.807, 2.05) is 54.3 Å². The van der Waals surface area contributed by atoms with E-state index < -0.39 is 0 Å². The summed E-state index contributed by atoms with van der Waals surface area (Å²) < 4.78 is 37.5. The molecular weight excluding hydrogens is 503 g/mol. The summed E-state index contributed by atoms with van der Waals surface area (Å²) in [4.78, 5) is 10.5. The van der Waals surface area contributed by atoms with Crippen LogP contribution in [-0.4, -0.2) is 11.2 Å². The Morgan fingerprint density at radius 1 is 0.897 bits per heavy atom. The summed E-state index contributed by atoms with van der Waals surface area (Å²) >= 11 is 3.02. The van der Waals surface area contributed by atoms with Gasteiger partial charge >= 0.3 is 101 Å². The molecule has 0 radical (unpaired) electrons. The van der Waals surface area contributed by atoms with Crippen LogP contribution in [0.2, 0.25) is 0 Å². The summed E-state index contributed by atoms with van der Waals surface area (Å²) in [5, 5.41) is 0. The molecule has 0 aromatic heterocycles. The molecule has 0 aliphatic rings. The Hall–Kier alpha value is -1.50. The van der Waals surface area contributed by atoms with Gasteiger partial charge in [-0.1, -0.05) is 6.92 Å². The van der Waals surface area contributed by atoms with Gasteiger partial charge in [0.1, 0.15) is 0 Å². The van der Waals surface area contributed by atoms with E-state index in [0.29, 0.717) is 0 Å². The molecule has 0 atom stereocenters.